The lowest BCUT2D eigenvalue weighted by Crippen LogP contribution is -2.29. The van der Waals surface area contributed by atoms with Crippen LogP contribution < -0.4 is 5.32 Å². The second-order valence-corrected chi connectivity index (χ2v) is 5.89. The van der Waals surface area contributed by atoms with Crippen LogP contribution in [-0.4, -0.2) is 25.0 Å². The van der Waals surface area contributed by atoms with Crippen LogP contribution >= 0.6 is 11.6 Å². The summed E-state index contributed by atoms with van der Waals surface area (Å²) >= 11 is 6.00. The number of amides is 1. The van der Waals surface area contributed by atoms with Crippen LogP contribution in [0.2, 0.25) is 5.02 Å². The molecule has 0 saturated carbocycles. The molecular formula is C17H22ClNO3. The molecule has 0 atom stereocenters. The van der Waals surface area contributed by atoms with Gasteiger partial charge in [-0.25, -0.2) is 4.79 Å². The summed E-state index contributed by atoms with van der Waals surface area (Å²) in [5.74, 6) is -0.330. The number of rotatable bonds is 7. The van der Waals surface area contributed by atoms with E-state index in [1.807, 2.05) is 19.1 Å². The molecule has 0 radical (unpaired) electrons. The van der Waals surface area contributed by atoms with Crippen molar-refractivity contribution in [3.8, 4) is 0 Å². The number of esters is 1. The van der Waals surface area contributed by atoms with Crippen LogP contribution in [0.4, 0.5) is 0 Å². The van der Waals surface area contributed by atoms with Crippen molar-refractivity contribution in [3.05, 3.63) is 40.4 Å². The van der Waals surface area contributed by atoms with E-state index in [0.29, 0.717) is 17.5 Å². The van der Waals surface area contributed by atoms with Crippen LogP contribution in [0.25, 0.3) is 6.08 Å². The van der Waals surface area contributed by atoms with Gasteiger partial charge in [-0.1, -0.05) is 37.6 Å². The van der Waals surface area contributed by atoms with Gasteiger partial charge in [-0.05, 0) is 42.5 Å². The summed E-state index contributed by atoms with van der Waals surface area (Å²) in [4.78, 5) is 23.0. The summed E-state index contributed by atoms with van der Waals surface area (Å²) in [5, 5.41) is 3.34. The standard InChI is InChI=1S/C17H22ClNO3/c1-12(2)8-9-19-16(20)11-22-17(21)7-6-14-5-4-13(3)15(18)10-14/h4-7,10,12H,8-9,11H2,1-3H3,(H,19,20)/b7-6+. The second kappa shape index (κ2) is 9.26. The predicted octanol–water partition coefficient (Wildman–Crippen LogP) is 3.37. The van der Waals surface area contributed by atoms with Crippen molar-refractivity contribution < 1.29 is 14.3 Å². The third kappa shape index (κ3) is 7.27. The Balaban J connectivity index is 2.35. The smallest absolute Gasteiger partial charge is 0.331 e. The molecule has 0 heterocycles. The Kier molecular flexibility index (Phi) is 7.67. The van der Waals surface area contributed by atoms with Gasteiger partial charge in [0.2, 0.25) is 0 Å². The van der Waals surface area contributed by atoms with E-state index in [-0.39, 0.29) is 12.5 Å². The number of carbonyl (C=O) groups excluding carboxylic acids is 2. The van der Waals surface area contributed by atoms with Crippen molar-refractivity contribution in [2.24, 2.45) is 5.92 Å². The van der Waals surface area contributed by atoms with Gasteiger partial charge < -0.3 is 10.1 Å². The van der Waals surface area contributed by atoms with Crippen molar-refractivity contribution in [1.82, 2.24) is 5.32 Å². The molecule has 1 amide bonds. The molecule has 1 rings (SSSR count). The first-order valence-electron chi connectivity index (χ1n) is 7.26. The van der Waals surface area contributed by atoms with Gasteiger partial charge in [-0.15, -0.1) is 0 Å². The van der Waals surface area contributed by atoms with Gasteiger partial charge in [0.05, 0.1) is 0 Å². The summed E-state index contributed by atoms with van der Waals surface area (Å²) in [6, 6.07) is 5.48. The topological polar surface area (TPSA) is 55.4 Å². The van der Waals surface area contributed by atoms with Gasteiger partial charge in [0, 0.05) is 17.6 Å². The summed E-state index contributed by atoms with van der Waals surface area (Å²) < 4.78 is 4.87. The summed E-state index contributed by atoms with van der Waals surface area (Å²) in [6.45, 7) is 6.38. The molecular weight excluding hydrogens is 302 g/mol. The molecule has 0 fully saturated rings. The van der Waals surface area contributed by atoms with Gasteiger partial charge in [0.15, 0.2) is 6.61 Å². The van der Waals surface area contributed by atoms with E-state index < -0.39 is 5.97 Å². The number of aryl methyl sites for hydroxylation is 1. The highest BCUT2D eigenvalue weighted by Gasteiger charge is 2.05. The van der Waals surface area contributed by atoms with Crippen molar-refractivity contribution in [2.45, 2.75) is 27.2 Å². The maximum Gasteiger partial charge on any atom is 0.331 e. The van der Waals surface area contributed by atoms with Crippen LogP contribution in [0.3, 0.4) is 0 Å². The van der Waals surface area contributed by atoms with Crippen LogP contribution in [0.5, 0.6) is 0 Å². The highest BCUT2D eigenvalue weighted by atomic mass is 35.5. The maximum atomic E-state index is 11.5. The zero-order chi connectivity index (χ0) is 16.5. The van der Waals surface area contributed by atoms with Crippen molar-refractivity contribution >= 4 is 29.6 Å². The highest BCUT2D eigenvalue weighted by Crippen LogP contribution is 2.17. The highest BCUT2D eigenvalue weighted by molar-refractivity contribution is 6.31. The lowest BCUT2D eigenvalue weighted by atomic mass is 10.1. The average molecular weight is 324 g/mol. The van der Waals surface area contributed by atoms with Crippen LogP contribution in [0.1, 0.15) is 31.4 Å². The monoisotopic (exact) mass is 323 g/mol. The molecule has 0 aliphatic rings. The minimum atomic E-state index is -0.560. The van der Waals surface area contributed by atoms with Crippen molar-refractivity contribution in [3.63, 3.8) is 0 Å². The number of benzene rings is 1. The van der Waals surface area contributed by atoms with Crippen molar-refractivity contribution in [1.29, 1.82) is 0 Å². The molecule has 4 nitrogen and oxygen atoms in total. The number of halogens is 1. The van der Waals surface area contributed by atoms with Gasteiger partial charge >= 0.3 is 5.97 Å². The normalized spacial score (nSPS) is 11.0. The molecule has 0 unspecified atom stereocenters. The Hall–Kier alpha value is -1.81. The summed E-state index contributed by atoms with van der Waals surface area (Å²) in [6.07, 6.45) is 3.78. The van der Waals surface area contributed by atoms with E-state index in [0.717, 1.165) is 17.5 Å². The molecule has 0 spiro atoms. The molecule has 1 aromatic carbocycles. The van der Waals surface area contributed by atoms with E-state index in [9.17, 15) is 9.59 Å². The van der Waals surface area contributed by atoms with Crippen LogP contribution in [0, 0.1) is 12.8 Å². The Labute approximate surface area is 136 Å². The zero-order valence-electron chi connectivity index (χ0n) is 13.2. The molecule has 0 aliphatic heterocycles. The minimum Gasteiger partial charge on any atom is -0.452 e. The Morgan fingerprint density at radius 3 is 2.73 bits per heavy atom. The number of ether oxygens (including phenoxy) is 1. The van der Waals surface area contributed by atoms with Crippen molar-refractivity contribution in [2.75, 3.05) is 13.2 Å². The first-order valence-corrected chi connectivity index (χ1v) is 7.64. The Morgan fingerprint density at radius 2 is 2.09 bits per heavy atom. The molecule has 0 aromatic heterocycles. The summed E-state index contributed by atoms with van der Waals surface area (Å²) in [7, 11) is 0. The zero-order valence-corrected chi connectivity index (χ0v) is 13.9. The Morgan fingerprint density at radius 1 is 1.36 bits per heavy atom. The number of nitrogens with one attached hydrogen (secondary N) is 1. The van der Waals surface area contributed by atoms with Crippen LogP contribution in [0.15, 0.2) is 24.3 Å². The quantitative estimate of drug-likeness (QED) is 0.618. The van der Waals surface area contributed by atoms with Gasteiger partial charge in [-0.2, -0.15) is 0 Å². The fraction of sp³-hybridized carbons (Fsp3) is 0.412. The average Bonchev–Trinajstić information content (AvgIpc) is 2.46. The number of hydrogen-bond acceptors (Lipinski definition) is 3. The van der Waals surface area contributed by atoms with E-state index in [1.165, 1.54) is 6.08 Å². The molecule has 5 heteroatoms. The molecule has 120 valence electrons. The Bertz CT molecular complexity index is 553. The minimum absolute atomic E-state index is 0.268. The van der Waals surface area contributed by atoms with Gasteiger partial charge in [-0.3, -0.25) is 4.79 Å². The largest absolute Gasteiger partial charge is 0.452 e. The molecule has 1 aromatic rings. The molecule has 22 heavy (non-hydrogen) atoms. The first-order chi connectivity index (χ1) is 10.4. The maximum absolute atomic E-state index is 11.5. The first kappa shape index (κ1) is 18.2. The van der Waals surface area contributed by atoms with E-state index in [1.54, 1.807) is 12.1 Å². The second-order valence-electron chi connectivity index (χ2n) is 5.48. The number of carbonyl (C=O) groups is 2. The van der Waals surface area contributed by atoms with E-state index in [4.69, 9.17) is 16.3 Å². The van der Waals surface area contributed by atoms with E-state index >= 15 is 0 Å². The van der Waals surface area contributed by atoms with Crippen LogP contribution in [-0.2, 0) is 14.3 Å². The fourth-order valence-corrected chi connectivity index (χ4v) is 1.80. The van der Waals surface area contributed by atoms with Gasteiger partial charge in [0.25, 0.3) is 5.91 Å². The molecule has 1 N–H and O–H groups in total. The molecule has 0 saturated heterocycles. The van der Waals surface area contributed by atoms with E-state index in [2.05, 4.69) is 19.2 Å². The van der Waals surface area contributed by atoms with Gasteiger partial charge in [0.1, 0.15) is 0 Å². The molecule has 0 bridgehead atoms. The lowest BCUT2D eigenvalue weighted by Gasteiger charge is -2.07. The third-order valence-corrected chi connectivity index (χ3v) is 3.40. The predicted molar refractivity (Wildman–Crippen MR) is 88.6 cm³/mol. The fourth-order valence-electron chi connectivity index (χ4n) is 1.61. The number of hydrogen-bond donors (Lipinski definition) is 1. The SMILES string of the molecule is Cc1ccc(/C=C/C(=O)OCC(=O)NCCC(C)C)cc1Cl. The summed E-state index contributed by atoms with van der Waals surface area (Å²) in [5.41, 5.74) is 1.77. The third-order valence-electron chi connectivity index (χ3n) is 3.00. The molecule has 0 aliphatic carbocycles. The lowest BCUT2D eigenvalue weighted by molar-refractivity contribution is -0.143.